The fourth-order valence-corrected chi connectivity index (χ4v) is 3.37. The van der Waals surface area contributed by atoms with Gasteiger partial charge in [0.25, 0.3) is 0 Å². The Bertz CT molecular complexity index is 944. The minimum atomic E-state index is -0.323. The molecule has 4 rings (SSSR count). The van der Waals surface area contributed by atoms with E-state index in [1.165, 1.54) is 12.1 Å². The summed E-state index contributed by atoms with van der Waals surface area (Å²) in [6.07, 6.45) is 0. The predicted octanol–water partition coefficient (Wildman–Crippen LogP) is 3.00. The van der Waals surface area contributed by atoms with E-state index in [0.717, 1.165) is 42.7 Å². The Morgan fingerprint density at radius 3 is 2.52 bits per heavy atom. The molecule has 0 radical (unpaired) electrons. The Balaban J connectivity index is 1.90. The number of piperazine rings is 1. The van der Waals surface area contributed by atoms with Crippen LogP contribution in [-0.2, 0) is 6.54 Å². The standard InChI is InChI=1S/C20H19FN2O2/c21-15-7-5-14(6-8-15)19-16-3-1-2-4-18(16)25-20(24)17(19)13-23-11-9-22-10-12-23/h1-8,22H,9-13H2. The summed E-state index contributed by atoms with van der Waals surface area (Å²) in [4.78, 5) is 14.9. The van der Waals surface area contributed by atoms with Crippen LogP contribution in [-0.4, -0.2) is 31.1 Å². The molecule has 1 aliphatic heterocycles. The maximum atomic E-state index is 13.4. The van der Waals surface area contributed by atoms with Crippen LogP contribution in [0.4, 0.5) is 4.39 Å². The summed E-state index contributed by atoms with van der Waals surface area (Å²) in [5, 5.41) is 4.19. The highest BCUT2D eigenvalue weighted by molar-refractivity contribution is 5.94. The van der Waals surface area contributed by atoms with Crippen molar-refractivity contribution in [1.82, 2.24) is 10.2 Å². The number of fused-ring (bicyclic) bond motifs is 1. The van der Waals surface area contributed by atoms with Crippen LogP contribution < -0.4 is 10.9 Å². The lowest BCUT2D eigenvalue weighted by molar-refractivity contribution is 0.231. The lowest BCUT2D eigenvalue weighted by Crippen LogP contribution is -2.43. The van der Waals surface area contributed by atoms with Crippen molar-refractivity contribution in [3.63, 3.8) is 0 Å². The first-order valence-electron chi connectivity index (χ1n) is 8.46. The van der Waals surface area contributed by atoms with E-state index in [2.05, 4.69) is 10.2 Å². The third-order valence-corrected chi connectivity index (χ3v) is 4.63. The van der Waals surface area contributed by atoms with Crippen LogP contribution in [0.3, 0.4) is 0 Å². The monoisotopic (exact) mass is 338 g/mol. The molecule has 5 heteroatoms. The quantitative estimate of drug-likeness (QED) is 0.746. The molecule has 0 atom stereocenters. The summed E-state index contributed by atoms with van der Waals surface area (Å²) < 4.78 is 18.9. The number of nitrogens with one attached hydrogen (secondary N) is 1. The van der Waals surface area contributed by atoms with Crippen LogP contribution >= 0.6 is 0 Å². The van der Waals surface area contributed by atoms with Crippen LogP contribution in [0.5, 0.6) is 0 Å². The second kappa shape index (κ2) is 6.78. The molecule has 2 heterocycles. The molecule has 0 amide bonds. The van der Waals surface area contributed by atoms with E-state index in [0.29, 0.717) is 17.7 Å². The summed E-state index contributed by atoms with van der Waals surface area (Å²) in [7, 11) is 0. The average molecular weight is 338 g/mol. The van der Waals surface area contributed by atoms with Crippen molar-refractivity contribution in [3.8, 4) is 11.1 Å². The van der Waals surface area contributed by atoms with E-state index in [1.54, 1.807) is 18.2 Å². The Morgan fingerprint density at radius 1 is 1.04 bits per heavy atom. The molecular formula is C20H19FN2O2. The van der Waals surface area contributed by atoms with Gasteiger partial charge in [0, 0.05) is 43.7 Å². The third kappa shape index (κ3) is 3.21. The molecule has 1 aromatic heterocycles. The molecule has 0 aliphatic carbocycles. The van der Waals surface area contributed by atoms with Crippen LogP contribution in [0, 0.1) is 5.82 Å². The first kappa shape index (κ1) is 16.0. The van der Waals surface area contributed by atoms with Crippen LogP contribution in [0.25, 0.3) is 22.1 Å². The molecule has 4 nitrogen and oxygen atoms in total. The van der Waals surface area contributed by atoms with Crippen LogP contribution in [0.2, 0.25) is 0 Å². The summed E-state index contributed by atoms with van der Waals surface area (Å²) >= 11 is 0. The van der Waals surface area contributed by atoms with E-state index in [1.807, 2.05) is 18.2 Å². The zero-order valence-corrected chi connectivity index (χ0v) is 13.8. The number of nitrogens with zero attached hydrogens (tertiary/aromatic N) is 1. The van der Waals surface area contributed by atoms with Gasteiger partial charge >= 0.3 is 5.63 Å². The van der Waals surface area contributed by atoms with Gasteiger partial charge in [0.2, 0.25) is 0 Å². The molecule has 0 saturated carbocycles. The molecule has 1 aliphatic rings. The second-order valence-electron chi connectivity index (χ2n) is 6.27. The van der Waals surface area contributed by atoms with E-state index < -0.39 is 0 Å². The fraction of sp³-hybridized carbons (Fsp3) is 0.250. The molecule has 1 fully saturated rings. The van der Waals surface area contributed by atoms with Gasteiger partial charge in [-0.2, -0.15) is 0 Å². The van der Waals surface area contributed by atoms with E-state index >= 15 is 0 Å². The van der Waals surface area contributed by atoms with Gasteiger partial charge in [0.05, 0.1) is 5.56 Å². The molecular weight excluding hydrogens is 319 g/mol. The molecule has 2 aromatic carbocycles. The summed E-state index contributed by atoms with van der Waals surface area (Å²) in [5.74, 6) is -0.292. The lowest BCUT2D eigenvalue weighted by atomic mass is 9.96. The first-order valence-corrected chi connectivity index (χ1v) is 8.46. The minimum absolute atomic E-state index is 0.292. The molecule has 0 spiro atoms. The highest BCUT2D eigenvalue weighted by Crippen LogP contribution is 2.31. The summed E-state index contributed by atoms with van der Waals surface area (Å²) in [6.45, 7) is 4.11. The second-order valence-corrected chi connectivity index (χ2v) is 6.27. The number of halogens is 1. The minimum Gasteiger partial charge on any atom is -0.422 e. The van der Waals surface area contributed by atoms with Crippen molar-refractivity contribution in [1.29, 1.82) is 0 Å². The molecule has 128 valence electrons. The Kier molecular flexibility index (Phi) is 4.34. The normalized spacial score (nSPS) is 15.6. The smallest absolute Gasteiger partial charge is 0.341 e. The van der Waals surface area contributed by atoms with E-state index in [9.17, 15) is 9.18 Å². The SMILES string of the molecule is O=c1oc2ccccc2c(-c2ccc(F)cc2)c1CN1CCNCC1. The van der Waals surface area contributed by atoms with Crippen molar-refractivity contribution in [2.75, 3.05) is 26.2 Å². The van der Waals surface area contributed by atoms with Crippen molar-refractivity contribution >= 4 is 11.0 Å². The van der Waals surface area contributed by atoms with E-state index in [4.69, 9.17) is 4.42 Å². The van der Waals surface area contributed by atoms with Gasteiger partial charge < -0.3 is 9.73 Å². The Hall–Kier alpha value is -2.50. The van der Waals surface area contributed by atoms with Crippen molar-refractivity contribution in [2.45, 2.75) is 6.54 Å². The highest BCUT2D eigenvalue weighted by Gasteiger charge is 2.20. The van der Waals surface area contributed by atoms with Gasteiger partial charge in [0.1, 0.15) is 11.4 Å². The van der Waals surface area contributed by atoms with Gasteiger partial charge in [-0.1, -0.05) is 30.3 Å². The van der Waals surface area contributed by atoms with Crippen molar-refractivity contribution in [2.24, 2.45) is 0 Å². The highest BCUT2D eigenvalue weighted by atomic mass is 19.1. The zero-order valence-electron chi connectivity index (χ0n) is 13.8. The maximum absolute atomic E-state index is 13.4. The van der Waals surface area contributed by atoms with Gasteiger partial charge in [0.15, 0.2) is 0 Å². The molecule has 25 heavy (non-hydrogen) atoms. The average Bonchev–Trinajstić information content (AvgIpc) is 2.64. The lowest BCUT2D eigenvalue weighted by Gasteiger charge is -2.27. The largest absolute Gasteiger partial charge is 0.422 e. The van der Waals surface area contributed by atoms with Crippen LogP contribution in [0.1, 0.15) is 5.56 Å². The predicted molar refractivity (Wildman–Crippen MR) is 96.0 cm³/mol. The van der Waals surface area contributed by atoms with Gasteiger partial charge in [-0.15, -0.1) is 0 Å². The zero-order chi connectivity index (χ0) is 17.2. The fourth-order valence-electron chi connectivity index (χ4n) is 3.37. The molecule has 0 unspecified atom stereocenters. The molecule has 0 bridgehead atoms. The first-order chi connectivity index (χ1) is 12.2. The molecule has 1 saturated heterocycles. The Labute approximate surface area is 144 Å². The van der Waals surface area contributed by atoms with Crippen molar-refractivity contribution in [3.05, 3.63) is 70.3 Å². The number of para-hydroxylation sites is 1. The van der Waals surface area contributed by atoms with Crippen molar-refractivity contribution < 1.29 is 8.81 Å². The third-order valence-electron chi connectivity index (χ3n) is 4.63. The van der Waals surface area contributed by atoms with Gasteiger partial charge in [-0.25, -0.2) is 9.18 Å². The summed E-state index contributed by atoms with van der Waals surface area (Å²) in [5.41, 5.74) is 2.53. The molecule has 3 aromatic rings. The maximum Gasteiger partial charge on any atom is 0.341 e. The number of benzene rings is 2. The summed E-state index contributed by atoms with van der Waals surface area (Å²) in [6, 6.07) is 13.8. The Morgan fingerprint density at radius 2 is 1.76 bits per heavy atom. The number of hydrogen-bond donors (Lipinski definition) is 1. The van der Waals surface area contributed by atoms with Gasteiger partial charge in [-0.05, 0) is 23.8 Å². The van der Waals surface area contributed by atoms with Crippen LogP contribution in [0.15, 0.2) is 57.7 Å². The molecule has 1 N–H and O–H groups in total. The van der Waals surface area contributed by atoms with Gasteiger partial charge in [-0.3, -0.25) is 4.90 Å². The number of rotatable bonds is 3. The van der Waals surface area contributed by atoms with E-state index in [-0.39, 0.29) is 11.4 Å². The number of hydrogen-bond acceptors (Lipinski definition) is 4. The topological polar surface area (TPSA) is 45.5 Å².